The summed E-state index contributed by atoms with van der Waals surface area (Å²) in [6.07, 6.45) is 3.25. The van der Waals surface area contributed by atoms with E-state index in [1.165, 1.54) is 11.8 Å². The van der Waals surface area contributed by atoms with Crippen LogP contribution in [0.2, 0.25) is 0 Å². The van der Waals surface area contributed by atoms with Gasteiger partial charge in [-0.15, -0.1) is 0 Å². The van der Waals surface area contributed by atoms with Gasteiger partial charge in [-0.25, -0.2) is 9.78 Å². The van der Waals surface area contributed by atoms with Crippen LogP contribution in [-0.4, -0.2) is 29.5 Å². The average Bonchev–Trinajstić information content (AvgIpc) is 3.28. The molecule has 2 unspecified atom stereocenters. The molecule has 1 aliphatic rings. The number of aromatic nitrogens is 1. The zero-order valence-corrected chi connectivity index (χ0v) is 18.7. The molecule has 8 heteroatoms. The molecule has 0 bridgehead atoms. The maximum Gasteiger partial charge on any atom is 0.328 e. The molecule has 2 heterocycles. The number of benzene rings is 2. The number of carbonyl (C=O) groups is 2. The molecule has 0 saturated heterocycles. The standard InChI is InChI=1S/C24H24N2O5S/c1-3-29-23(28)15(2)26-22(27)21-14-25-24(32-21)30-18-10-12-20-17(13-18)9-11-19(31-20)16-7-5-4-6-8-16/h4-8,10,12-15,19H,3,9,11H2,1-2H3,(H,26,27). The number of hydrogen-bond donors (Lipinski definition) is 1. The van der Waals surface area contributed by atoms with E-state index in [4.69, 9.17) is 14.2 Å². The van der Waals surface area contributed by atoms with Crippen molar-refractivity contribution in [2.45, 2.75) is 38.8 Å². The predicted molar refractivity (Wildman–Crippen MR) is 120 cm³/mol. The van der Waals surface area contributed by atoms with Gasteiger partial charge >= 0.3 is 5.97 Å². The SMILES string of the molecule is CCOC(=O)C(C)NC(=O)c1cnc(Oc2ccc3c(c2)CCC(c2ccccc2)O3)s1. The van der Waals surface area contributed by atoms with Crippen molar-refractivity contribution < 1.29 is 23.8 Å². The smallest absolute Gasteiger partial charge is 0.328 e. The Bertz CT molecular complexity index is 1100. The molecule has 1 amide bonds. The lowest BCUT2D eigenvalue weighted by Gasteiger charge is -2.26. The first-order valence-electron chi connectivity index (χ1n) is 10.5. The number of fused-ring (bicyclic) bond motifs is 1. The fourth-order valence-electron chi connectivity index (χ4n) is 3.44. The van der Waals surface area contributed by atoms with Gasteiger partial charge < -0.3 is 19.5 Å². The number of thiazole rings is 1. The average molecular weight is 453 g/mol. The Morgan fingerprint density at radius 2 is 2.06 bits per heavy atom. The third-order valence-electron chi connectivity index (χ3n) is 5.05. The van der Waals surface area contributed by atoms with Crippen molar-refractivity contribution in [2.75, 3.05) is 6.61 Å². The van der Waals surface area contributed by atoms with E-state index >= 15 is 0 Å². The van der Waals surface area contributed by atoms with Gasteiger partial charge in [-0.3, -0.25) is 4.79 Å². The minimum Gasteiger partial charge on any atom is -0.485 e. The van der Waals surface area contributed by atoms with Crippen LogP contribution in [0.4, 0.5) is 0 Å². The molecule has 2 aromatic carbocycles. The van der Waals surface area contributed by atoms with Crippen molar-refractivity contribution in [3.8, 4) is 16.7 Å². The first-order valence-corrected chi connectivity index (χ1v) is 11.3. The Balaban J connectivity index is 1.38. The van der Waals surface area contributed by atoms with Gasteiger partial charge in [0, 0.05) is 0 Å². The van der Waals surface area contributed by atoms with Gasteiger partial charge in [0.1, 0.15) is 28.5 Å². The highest BCUT2D eigenvalue weighted by Gasteiger charge is 2.22. The molecule has 0 radical (unpaired) electrons. The zero-order chi connectivity index (χ0) is 22.5. The highest BCUT2D eigenvalue weighted by atomic mass is 32.1. The van der Waals surface area contributed by atoms with Gasteiger partial charge in [0.2, 0.25) is 0 Å². The highest BCUT2D eigenvalue weighted by Crippen LogP contribution is 2.38. The van der Waals surface area contributed by atoms with Crippen molar-refractivity contribution >= 4 is 23.2 Å². The minimum atomic E-state index is -0.741. The second-order valence-corrected chi connectivity index (χ2v) is 8.36. The van der Waals surface area contributed by atoms with Crippen LogP contribution in [0.25, 0.3) is 0 Å². The largest absolute Gasteiger partial charge is 0.485 e. The van der Waals surface area contributed by atoms with Gasteiger partial charge in [0.25, 0.3) is 11.1 Å². The lowest BCUT2D eigenvalue weighted by molar-refractivity contribution is -0.144. The fourth-order valence-corrected chi connectivity index (χ4v) is 4.12. The summed E-state index contributed by atoms with van der Waals surface area (Å²) < 4.78 is 16.9. The Hall–Kier alpha value is -3.39. The van der Waals surface area contributed by atoms with Gasteiger partial charge in [0.15, 0.2) is 0 Å². The monoisotopic (exact) mass is 452 g/mol. The van der Waals surface area contributed by atoms with Crippen molar-refractivity contribution in [3.63, 3.8) is 0 Å². The molecule has 0 aliphatic carbocycles. The molecule has 0 spiro atoms. The molecule has 0 saturated carbocycles. The van der Waals surface area contributed by atoms with Crippen molar-refractivity contribution in [3.05, 3.63) is 70.7 Å². The van der Waals surface area contributed by atoms with Crippen LogP contribution < -0.4 is 14.8 Å². The minimum absolute atomic E-state index is 0.0486. The van der Waals surface area contributed by atoms with E-state index in [1.54, 1.807) is 13.8 Å². The molecule has 3 aromatic rings. The molecule has 7 nitrogen and oxygen atoms in total. The van der Waals surface area contributed by atoms with Gasteiger partial charge in [0.05, 0.1) is 12.8 Å². The number of ether oxygens (including phenoxy) is 3. The summed E-state index contributed by atoms with van der Waals surface area (Å²) >= 11 is 1.11. The van der Waals surface area contributed by atoms with E-state index in [0.29, 0.717) is 15.8 Å². The molecular formula is C24H24N2O5S. The fraction of sp³-hybridized carbons (Fsp3) is 0.292. The quantitative estimate of drug-likeness (QED) is 0.524. The van der Waals surface area contributed by atoms with E-state index < -0.39 is 17.9 Å². The van der Waals surface area contributed by atoms with Crippen LogP contribution >= 0.6 is 11.3 Å². The number of nitrogens with zero attached hydrogens (tertiary/aromatic N) is 1. The lowest BCUT2D eigenvalue weighted by Crippen LogP contribution is -2.39. The summed E-state index contributed by atoms with van der Waals surface area (Å²) in [5.74, 6) is 0.604. The van der Waals surface area contributed by atoms with Crippen molar-refractivity contribution in [1.82, 2.24) is 10.3 Å². The van der Waals surface area contributed by atoms with Crippen LogP contribution in [0.1, 0.15) is 47.2 Å². The van der Waals surface area contributed by atoms with E-state index in [-0.39, 0.29) is 12.7 Å². The number of carbonyl (C=O) groups excluding carboxylic acids is 2. The number of esters is 1. The molecule has 166 valence electrons. The zero-order valence-electron chi connectivity index (χ0n) is 17.9. The number of nitrogens with one attached hydrogen (secondary N) is 1. The topological polar surface area (TPSA) is 86.8 Å². The Morgan fingerprint density at radius 1 is 1.25 bits per heavy atom. The first kappa shape index (κ1) is 21.8. The highest BCUT2D eigenvalue weighted by molar-refractivity contribution is 7.15. The number of aryl methyl sites for hydroxylation is 1. The van der Waals surface area contributed by atoms with Crippen LogP contribution in [-0.2, 0) is 16.0 Å². The maximum atomic E-state index is 12.3. The molecule has 32 heavy (non-hydrogen) atoms. The van der Waals surface area contributed by atoms with Gasteiger partial charge in [-0.1, -0.05) is 41.7 Å². The summed E-state index contributed by atoms with van der Waals surface area (Å²) in [6.45, 7) is 3.55. The molecule has 2 atom stereocenters. The third kappa shape index (κ3) is 5.08. The lowest BCUT2D eigenvalue weighted by atomic mass is 9.97. The van der Waals surface area contributed by atoms with Crippen LogP contribution in [0.3, 0.4) is 0 Å². The third-order valence-corrected chi connectivity index (χ3v) is 5.92. The molecule has 1 N–H and O–H groups in total. The van der Waals surface area contributed by atoms with Crippen molar-refractivity contribution in [2.24, 2.45) is 0 Å². The summed E-state index contributed by atoms with van der Waals surface area (Å²) in [5.41, 5.74) is 2.25. The second-order valence-electron chi connectivity index (χ2n) is 7.37. The number of rotatable bonds is 7. The van der Waals surface area contributed by atoms with E-state index in [1.807, 2.05) is 36.4 Å². The van der Waals surface area contributed by atoms with Crippen LogP contribution in [0, 0.1) is 0 Å². The van der Waals surface area contributed by atoms with E-state index in [2.05, 4.69) is 22.4 Å². The molecule has 4 rings (SSSR count). The van der Waals surface area contributed by atoms with Crippen LogP contribution in [0.15, 0.2) is 54.7 Å². The van der Waals surface area contributed by atoms with E-state index in [0.717, 1.165) is 35.5 Å². The number of amides is 1. The molecular weight excluding hydrogens is 428 g/mol. The normalized spacial score (nSPS) is 15.8. The van der Waals surface area contributed by atoms with E-state index in [9.17, 15) is 9.59 Å². The molecule has 1 aliphatic heterocycles. The van der Waals surface area contributed by atoms with Gasteiger partial charge in [-0.2, -0.15) is 0 Å². The van der Waals surface area contributed by atoms with Crippen LogP contribution in [0.5, 0.6) is 16.7 Å². The predicted octanol–water partition coefficient (Wildman–Crippen LogP) is 4.68. The van der Waals surface area contributed by atoms with Gasteiger partial charge in [-0.05, 0) is 56.0 Å². The first-order chi connectivity index (χ1) is 15.5. The second kappa shape index (κ2) is 9.82. The summed E-state index contributed by atoms with van der Waals surface area (Å²) in [7, 11) is 0. The maximum absolute atomic E-state index is 12.3. The number of hydrogen-bond acceptors (Lipinski definition) is 7. The Morgan fingerprint density at radius 3 is 2.84 bits per heavy atom. The molecule has 0 fully saturated rings. The Kier molecular flexibility index (Phi) is 6.70. The summed E-state index contributed by atoms with van der Waals surface area (Å²) in [5, 5.41) is 2.95. The molecule has 1 aromatic heterocycles. The Labute approximate surface area is 190 Å². The van der Waals surface area contributed by atoms with Crippen molar-refractivity contribution in [1.29, 1.82) is 0 Å². The summed E-state index contributed by atoms with van der Waals surface area (Å²) in [4.78, 5) is 28.6. The summed E-state index contributed by atoms with van der Waals surface area (Å²) in [6, 6.07) is 15.1.